The molecule has 0 spiro atoms. The van der Waals surface area contributed by atoms with Gasteiger partial charge in [0, 0.05) is 17.8 Å². The van der Waals surface area contributed by atoms with Crippen molar-refractivity contribution in [1.29, 1.82) is 0 Å². The van der Waals surface area contributed by atoms with Gasteiger partial charge in [0.25, 0.3) is 0 Å². The van der Waals surface area contributed by atoms with Crippen molar-refractivity contribution in [2.45, 2.75) is 64.5 Å². The smallest absolute Gasteiger partial charge is 0.322 e. The number of nitrogens with zero attached hydrogens (tertiary/aromatic N) is 4. The highest BCUT2D eigenvalue weighted by Crippen LogP contribution is 2.26. The summed E-state index contributed by atoms with van der Waals surface area (Å²) in [5.41, 5.74) is 9.60. The molecule has 7 heteroatoms. The molecule has 2 heterocycles. The number of nitrogen functional groups attached to an aromatic ring is 1. The van der Waals surface area contributed by atoms with Gasteiger partial charge in [-0.2, -0.15) is 19.6 Å². The number of aromatic nitrogens is 4. The normalized spacial score (nSPS) is 15.2. The van der Waals surface area contributed by atoms with Gasteiger partial charge in [-0.15, -0.1) is 0 Å². The molecule has 1 aromatic carbocycles. The van der Waals surface area contributed by atoms with Crippen molar-refractivity contribution >= 4 is 17.3 Å². The van der Waals surface area contributed by atoms with Gasteiger partial charge in [-0.05, 0) is 49.3 Å². The average molecular weight is 380 g/mol. The zero-order chi connectivity index (χ0) is 19.5. The number of hydrogen-bond donors (Lipinski definition) is 2. The molecule has 3 N–H and O–H groups in total. The third-order valence-electron chi connectivity index (χ3n) is 5.22. The molecule has 0 radical (unpaired) electrons. The number of nitrogens with two attached hydrogens (primary N) is 1. The number of fused-ring (bicyclic) bond motifs is 1. The van der Waals surface area contributed by atoms with Gasteiger partial charge in [-0.1, -0.05) is 32.4 Å². The Hall–Kier alpha value is -2.83. The van der Waals surface area contributed by atoms with E-state index in [1.165, 1.54) is 19.3 Å². The number of rotatable bonds is 6. The molecule has 4 rings (SSSR count). The van der Waals surface area contributed by atoms with Crippen molar-refractivity contribution in [1.82, 2.24) is 19.6 Å². The van der Waals surface area contributed by atoms with E-state index in [4.69, 9.17) is 10.5 Å². The fourth-order valence-electron chi connectivity index (χ4n) is 3.67. The molecule has 1 fully saturated rings. The van der Waals surface area contributed by atoms with E-state index in [1.54, 1.807) is 4.52 Å². The van der Waals surface area contributed by atoms with E-state index in [9.17, 15) is 0 Å². The second kappa shape index (κ2) is 8.04. The quantitative estimate of drug-likeness (QED) is 0.624. The molecule has 7 nitrogen and oxygen atoms in total. The molecule has 0 amide bonds. The molecular formula is C21H28N6O. The molecule has 0 saturated heterocycles. The second-order valence-corrected chi connectivity index (χ2v) is 7.80. The molecule has 148 valence electrons. The van der Waals surface area contributed by atoms with E-state index in [1.807, 2.05) is 30.5 Å². The van der Waals surface area contributed by atoms with Crippen LogP contribution in [-0.4, -0.2) is 25.7 Å². The van der Waals surface area contributed by atoms with Crippen molar-refractivity contribution in [3.05, 3.63) is 41.6 Å². The number of anilines is 2. The van der Waals surface area contributed by atoms with Gasteiger partial charge in [0.15, 0.2) is 5.65 Å². The largest absolute Gasteiger partial charge is 0.460 e. The minimum Gasteiger partial charge on any atom is -0.460 e. The average Bonchev–Trinajstić information content (AvgIpc) is 3.11. The monoisotopic (exact) mass is 380 g/mol. The van der Waals surface area contributed by atoms with Gasteiger partial charge < -0.3 is 15.8 Å². The van der Waals surface area contributed by atoms with Gasteiger partial charge in [0.05, 0.1) is 6.20 Å². The van der Waals surface area contributed by atoms with E-state index < -0.39 is 0 Å². The first-order chi connectivity index (χ1) is 13.6. The van der Waals surface area contributed by atoms with Crippen molar-refractivity contribution in [2.24, 2.45) is 0 Å². The predicted octanol–water partition coefficient (Wildman–Crippen LogP) is 4.15. The summed E-state index contributed by atoms with van der Waals surface area (Å²) < 4.78 is 7.92. The maximum atomic E-state index is 6.16. The van der Waals surface area contributed by atoms with Gasteiger partial charge in [-0.25, -0.2) is 0 Å². The first-order valence-electron chi connectivity index (χ1n) is 10.1. The van der Waals surface area contributed by atoms with E-state index >= 15 is 0 Å². The van der Waals surface area contributed by atoms with Crippen molar-refractivity contribution in [2.75, 3.05) is 11.1 Å². The van der Waals surface area contributed by atoms with Gasteiger partial charge in [-0.3, -0.25) is 0 Å². The van der Waals surface area contributed by atoms with Crippen LogP contribution in [0.15, 0.2) is 30.5 Å². The summed E-state index contributed by atoms with van der Waals surface area (Å²) in [5, 5.41) is 7.88. The van der Waals surface area contributed by atoms with Crippen molar-refractivity contribution in [3.8, 4) is 6.01 Å². The van der Waals surface area contributed by atoms with Crippen molar-refractivity contribution < 1.29 is 4.74 Å². The molecule has 0 unspecified atom stereocenters. The molecule has 1 saturated carbocycles. The maximum Gasteiger partial charge on any atom is 0.322 e. The number of hydrogen-bond acceptors (Lipinski definition) is 6. The highest BCUT2D eigenvalue weighted by molar-refractivity contribution is 5.53. The summed E-state index contributed by atoms with van der Waals surface area (Å²) in [4.78, 5) is 9.32. The predicted molar refractivity (Wildman–Crippen MR) is 111 cm³/mol. The lowest BCUT2D eigenvalue weighted by Gasteiger charge is -2.22. The van der Waals surface area contributed by atoms with Crippen LogP contribution in [0.1, 0.15) is 63.0 Å². The molecule has 1 aliphatic carbocycles. The van der Waals surface area contributed by atoms with Crippen LogP contribution >= 0.6 is 0 Å². The molecule has 2 aromatic heterocycles. The third-order valence-corrected chi connectivity index (χ3v) is 5.22. The van der Waals surface area contributed by atoms with Crippen molar-refractivity contribution in [3.63, 3.8) is 0 Å². The van der Waals surface area contributed by atoms with E-state index in [2.05, 4.69) is 34.2 Å². The Morgan fingerprint density at radius 3 is 2.79 bits per heavy atom. The Bertz CT molecular complexity index is 945. The summed E-state index contributed by atoms with van der Waals surface area (Å²) >= 11 is 0. The standard InChI is InChI=1S/C21H28N6O/c1-14(2)18-13-24-27-19(18)25-21(28-17-9-4-3-5-10-17)26-20(27)23-12-15-7-6-8-16(22)11-15/h6-8,11,13-14,17H,3-5,9-10,12,22H2,1-2H3,(H,23,25,26). The molecule has 0 aliphatic heterocycles. The zero-order valence-electron chi connectivity index (χ0n) is 16.6. The molecule has 28 heavy (non-hydrogen) atoms. The topological polar surface area (TPSA) is 90.4 Å². The van der Waals surface area contributed by atoms with Crippen LogP contribution in [0.5, 0.6) is 6.01 Å². The van der Waals surface area contributed by atoms with Gasteiger partial charge in [0.1, 0.15) is 6.10 Å². The first kappa shape index (κ1) is 18.5. The van der Waals surface area contributed by atoms with E-state index in [-0.39, 0.29) is 6.10 Å². The van der Waals surface area contributed by atoms with E-state index in [0.717, 1.165) is 35.3 Å². The van der Waals surface area contributed by atoms with Crippen LogP contribution in [0.3, 0.4) is 0 Å². The number of benzene rings is 1. The van der Waals surface area contributed by atoms with Crippen LogP contribution in [-0.2, 0) is 6.54 Å². The Labute approximate surface area is 165 Å². The Kier molecular flexibility index (Phi) is 5.32. The van der Waals surface area contributed by atoms with Gasteiger partial charge >= 0.3 is 6.01 Å². The summed E-state index contributed by atoms with van der Waals surface area (Å²) in [6.07, 6.45) is 7.89. The molecule has 0 atom stereocenters. The fraction of sp³-hybridized carbons (Fsp3) is 0.476. The summed E-state index contributed by atoms with van der Waals surface area (Å²) in [6.45, 7) is 4.87. The molecule has 3 aromatic rings. The first-order valence-corrected chi connectivity index (χ1v) is 10.1. The summed E-state index contributed by atoms with van der Waals surface area (Å²) in [7, 11) is 0. The van der Waals surface area contributed by atoms with E-state index in [0.29, 0.717) is 24.4 Å². The van der Waals surface area contributed by atoms with Crippen LogP contribution in [0, 0.1) is 0 Å². The maximum absolute atomic E-state index is 6.16. The van der Waals surface area contributed by atoms with Crippen LogP contribution in [0.4, 0.5) is 11.6 Å². The summed E-state index contributed by atoms with van der Waals surface area (Å²) in [5.74, 6) is 0.946. The number of nitrogens with one attached hydrogen (secondary N) is 1. The minimum atomic E-state index is 0.198. The highest BCUT2D eigenvalue weighted by atomic mass is 16.5. The lowest BCUT2D eigenvalue weighted by atomic mass is 9.98. The summed E-state index contributed by atoms with van der Waals surface area (Å²) in [6, 6.07) is 8.24. The third kappa shape index (κ3) is 4.03. The Morgan fingerprint density at radius 1 is 1.21 bits per heavy atom. The highest BCUT2D eigenvalue weighted by Gasteiger charge is 2.20. The molecular weight excluding hydrogens is 352 g/mol. The Balaban J connectivity index is 1.64. The second-order valence-electron chi connectivity index (χ2n) is 7.80. The minimum absolute atomic E-state index is 0.198. The molecule has 1 aliphatic rings. The lowest BCUT2D eigenvalue weighted by molar-refractivity contribution is 0.142. The Morgan fingerprint density at radius 2 is 2.04 bits per heavy atom. The lowest BCUT2D eigenvalue weighted by Crippen LogP contribution is -2.21. The van der Waals surface area contributed by atoms with Gasteiger partial charge in [0.2, 0.25) is 5.95 Å². The fourth-order valence-corrected chi connectivity index (χ4v) is 3.67. The number of ether oxygens (including phenoxy) is 1. The zero-order valence-corrected chi connectivity index (χ0v) is 16.6. The molecule has 0 bridgehead atoms. The van der Waals surface area contributed by atoms with Crippen LogP contribution in [0.2, 0.25) is 0 Å². The van der Waals surface area contributed by atoms with Crippen LogP contribution < -0.4 is 15.8 Å². The SMILES string of the molecule is CC(C)c1cnn2c(NCc3cccc(N)c3)nc(OC3CCCCC3)nc12. The van der Waals surface area contributed by atoms with Crippen LogP contribution in [0.25, 0.3) is 5.65 Å².